The molecule has 3 heteroatoms. The molecule has 2 nitrogen and oxygen atoms in total. The first kappa shape index (κ1) is 23.4. The van der Waals surface area contributed by atoms with Crippen LogP contribution in [0.25, 0.3) is 0 Å². The van der Waals surface area contributed by atoms with Crippen LogP contribution in [0.5, 0.6) is 0 Å². The van der Waals surface area contributed by atoms with Crippen molar-refractivity contribution in [1.29, 1.82) is 0 Å². The van der Waals surface area contributed by atoms with Gasteiger partial charge in [-0.15, -0.1) is 11.6 Å². The normalized spacial score (nSPS) is 51.9. The second-order valence-electron chi connectivity index (χ2n) is 12.8. The van der Waals surface area contributed by atoms with Crippen LogP contribution in [0.2, 0.25) is 0 Å². The van der Waals surface area contributed by atoms with Gasteiger partial charge < -0.3 is 10.2 Å². The number of aliphatic hydroxyl groups is 2. The highest BCUT2D eigenvalue weighted by Gasteiger charge is 2.67. The fourth-order valence-electron chi connectivity index (χ4n) is 9.24. The Morgan fingerprint density at radius 1 is 0.933 bits per heavy atom. The first-order valence-corrected chi connectivity index (χ1v) is 13.5. The lowest BCUT2D eigenvalue weighted by Gasteiger charge is -2.65. The van der Waals surface area contributed by atoms with Gasteiger partial charge in [-0.25, -0.2) is 0 Å². The van der Waals surface area contributed by atoms with Gasteiger partial charge in [-0.1, -0.05) is 53.9 Å². The number of alkyl halides is 1. The summed E-state index contributed by atoms with van der Waals surface area (Å²) in [5.74, 6) is 4.44. The van der Waals surface area contributed by atoms with Crippen LogP contribution in [0.15, 0.2) is 0 Å². The lowest BCUT2D eigenvalue weighted by Crippen LogP contribution is -2.66. The van der Waals surface area contributed by atoms with Crippen LogP contribution in [-0.2, 0) is 0 Å². The molecule has 174 valence electrons. The number of hydrogen-bond acceptors (Lipinski definition) is 2. The molecule has 0 aromatic carbocycles. The van der Waals surface area contributed by atoms with Crippen LogP contribution in [0.1, 0.15) is 105 Å². The molecule has 0 aromatic rings. The Morgan fingerprint density at radius 3 is 2.37 bits per heavy atom. The predicted octanol–water partition coefficient (Wildman–Crippen LogP) is 6.80. The summed E-state index contributed by atoms with van der Waals surface area (Å²) in [6.45, 7) is 12.2. The topological polar surface area (TPSA) is 40.5 Å². The average Bonchev–Trinajstić information content (AvgIpc) is 3.01. The molecule has 0 amide bonds. The fourth-order valence-corrected chi connectivity index (χ4v) is 9.74. The molecule has 0 bridgehead atoms. The predicted molar refractivity (Wildman–Crippen MR) is 126 cm³/mol. The van der Waals surface area contributed by atoms with Gasteiger partial charge >= 0.3 is 0 Å². The minimum Gasteiger partial charge on any atom is -0.393 e. The van der Waals surface area contributed by atoms with Crippen LogP contribution in [-0.4, -0.2) is 27.3 Å². The second kappa shape index (κ2) is 8.21. The summed E-state index contributed by atoms with van der Waals surface area (Å²) in [7, 11) is 0. The summed E-state index contributed by atoms with van der Waals surface area (Å²) in [6.07, 6.45) is 11.8. The highest BCUT2D eigenvalue weighted by atomic mass is 35.5. The number of halogens is 1. The molecule has 0 saturated heterocycles. The van der Waals surface area contributed by atoms with Gasteiger partial charge in [0.05, 0.1) is 17.1 Å². The largest absolute Gasteiger partial charge is 0.393 e. The van der Waals surface area contributed by atoms with E-state index in [1.54, 1.807) is 0 Å². The molecule has 0 spiro atoms. The van der Waals surface area contributed by atoms with E-state index in [9.17, 15) is 10.2 Å². The van der Waals surface area contributed by atoms with Gasteiger partial charge in [0.2, 0.25) is 0 Å². The third-order valence-electron chi connectivity index (χ3n) is 11.0. The van der Waals surface area contributed by atoms with Gasteiger partial charge in [0.15, 0.2) is 0 Å². The molecule has 4 saturated carbocycles. The molecule has 0 aliphatic heterocycles. The van der Waals surface area contributed by atoms with Crippen LogP contribution in [0.3, 0.4) is 0 Å². The zero-order chi connectivity index (χ0) is 21.9. The van der Waals surface area contributed by atoms with Gasteiger partial charge in [-0.3, -0.25) is 0 Å². The van der Waals surface area contributed by atoms with Gasteiger partial charge in [0.25, 0.3) is 0 Å². The summed E-state index contributed by atoms with van der Waals surface area (Å²) in [4.78, 5) is -0.637. The van der Waals surface area contributed by atoms with Crippen LogP contribution in [0.4, 0.5) is 0 Å². The molecular weight excluding hydrogens is 392 g/mol. The average molecular weight is 439 g/mol. The zero-order valence-electron chi connectivity index (χ0n) is 20.2. The number of rotatable bonds is 5. The monoisotopic (exact) mass is 438 g/mol. The Labute approximate surface area is 190 Å². The van der Waals surface area contributed by atoms with Crippen molar-refractivity contribution in [2.75, 3.05) is 0 Å². The number of aliphatic hydroxyl groups excluding tert-OH is 2. The molecule has 5 unspecified atom stereocenters. The second-order valence-corrected chi connectivity index (χ2v) is 13.5. The molecule has 4 rings (SSSR count). The van der Waals surface area contributed by atoms with E-state index >= 15 is 0 Å². The summed E-state index contributed by atoms with van der Waals surface area (Å²) >= 11 is 7.21. The van der Waals surface area contributed by atoms with Crippen LogP contribution < -0.4 is 0 Å². The van der Waals surface area contributed by atoms with Crippen molar-refractivity contribution < 1.29 is 10.2 Å². The van der Waals surface area contributed by atoms with E-state index < -0.39 is 11.0 Å². The Hall–Kier alpha value is 0.210. The molecule has 30 heavy (non-hydrogen) atoms. The van der Waals surface area contributed by atoms with Crippen molar-refractivity contribution in [2.45, 2.75) is 122 Å². The lowest BCUT2D eigenvalue weighted by atomic mass is 9.43. The van der Waals surface area contributed by atoms with Gasteiger partial charge in [0, 0.05) is 0 Å². The quantitative estimate of drug-likeness (QED) is 0.463. The van der Waals surface area contributed by atoms with Crippen molar-refractivity contribution >= 4 is 11.6 Å². The van der Waals surface area contributed by atoms with Crippen molar-refractivity contribution in [2.24, 2.45) is 46.3 Å². The molecule has 4 aliphatic rings. The van der Waals surface area contributed by atoms with Crippen molar-refractivity contribution in [3.05, 3.63) is 0 Å². The molecule has 0 radical (unpaired) electrons. The van der Waals surface area contributed by atoms with Crippen molar-refractivity contribution in [1.82, 2.24) is 0 Å². The van der Waals surface area contributed by atoms with E-state index in [1.165, 1.54) is 44.9 Å². The summed E-state index contributed by atoms with van der Waals surface area (Å²) in [5, 5.41) is 21.6. The Kier molecular flexibility index (Phi) is 6.40. The maximum Gasteiger partial charge on any atom is 0.0785 e. The fraction of sp³-hybridized carbons (Fsp3) is 1.00. The molecule has 0 aromatic heterocycles. The van der Waals surface area contributed by atoms with E-state index in [4.69, 9.17) is 11.6 Å². The van der Waals surface area contributed by atoms with E-state index in [-0.39, 0.29) is 11.5 Å². The molecular formula is C27H47ClO2. The third kappa shape index (κ3) is 3.50. The highest BCUT2D eigenvalue weighted by Crippen LogP contribution is 2.70. The summed E-state index contributed by atoms with van der Waals surface area (Å²) in [6, 6.07) is 0. The van der Waals surface area contributed by atoms with Crippen molar-refractivity contribution in [3.8, 4) is 0 Å². The van der Waals surface area contributed by atoms with E-state index in [2.05, 4.69) is 34.6 Å². The van der Waals surface area contributed by atoms with Gasteiger partial charge in [-0.05, 0) is 97.7 Å². The molecule has 2 N–H and O–H groups in total. The molecule has 4 aliphatic carbocycles. The van der Waals surface area contributed by atoms with Crippen molar-refractivity contribution in [3.63, 3.8) is 0 Å². The SMILES string of the molecule is CC(C)CCCC(C)C1CCC2C3C[C@@H](O)[C@@]4(Cl)C[C@@H](O)CC[C@]4(C)C3CC[C@]12C. The van der Waals surface area contributed by atoms with E-state index in [1.807, 2.05) is 0 Å². The molecule has 10 atom stereocenters. The summed E-state index contributed by atoms with van der Waals surface area (Å²) < 4.78 is 0. The smallest absolute Gasteiger partial charge is 0.0785 e. The highest BCUT2D eigenvalue weighted by molar-refractivity contribution is 6.25. The maximum atomic E-state index is 11.3. The van der Waals surface area contributed by atoms with E-state index in [0.29, 0.717) is 23.7 Å². The lowest BCUT2D eigenvalue weighted by molar-refractivity contribution is -0.159. The van der Waals surface area contributed by atoms with Crippen LogP contribution in [0, 0.1) is 46.3 Å². The Balaban J connectivity index is 1.53. The standard InChI is InChI=1S/C27H47ClO2/c1-17(2)7-6-8-18(3)21-9-10-22-20-15-24(30)27(28)16-19(29)11-14-26(27,5)23(20)12-13-25(21,22)4/h17-24,29-30H,6-16H2,1-5H3/t18?,19-,20?,21?,22?,23?,24+,25+,26+,27-/m0/s1. The Bertz CT molecular complexity index is 622. The van der Waals surface area contributed by atoms with Gasteiger partial charge in [-0.2, -0.15) is 0 Å². The minimum absolute atomic E-state index is 0.0432. The molecule has 0 heterocycles. The number of fused-ring (bicyclic) bond motifs is 5. The van der Waals surface area contributed by atoms with Crippen LogP contribution >= 0.6 is 11.6 Å². The first-order valence-electron chi connectivity index (χ1n) is 13.1. The molecule has 4 fully saturated rings. The Morgan fingerprint density at radius 2 is 1.67 bits per heavy atom. The first-order chi connectivity index (χ1) is 14.0. The van der Waals surface area contributed by atoms with E-state index in [0.717, 1.165) is 42.9 Å². The zero-order valence-corrected chi connectivity index (χ0v) is 20.9. The van der Waals surface area contributed by atoms with Gasteiger partial charge in [0.1, 0.15) is 0 Å². The number of hydrogen-bond donors (Lipinski definition) is 2. The maximum absolute atomic E-state index is 11.3. The minimum atomic E-state index is -0.637. The third-order valence-corrected chi connectivity index (χ3v) is 11.8. The summed E-state index contributed by atoms with van der Waals surface area (Å²) in [5.41, 5.74) is 0.396.